The molecule has 1 amide bonds. The molecule has 0 bridgehead atoms. The molecular formula is C16H11N3O3. The summed E-state index contributed by atoms with van der Waals surface area (Å²) in [5, 5.41) is 28.1. The Kier molecular flexibility index (Phi) is 2.47. The molecule has 2 aromatic rings. The highest BCUT2D eigenvalue weighted by atomic mass is 16.4. The summed E-state index contributed by atoms with van der Waals surface area (Å²) in [6.45, 7) is 0. The van der Waals surface area contributed by atoms with Gasteiger partial charge in [-0.1, -0.05) is 23.4 Å². The molecule has 0 unspecified atom stereocenters. The number of benzene rings is 2. The normalized spacial score (nSPS) is 20.5. The van der Waals surface area contributed by atoms with E-state index in [4.69, 9.17) is 0 Å². The maximum atomic E-state index is 12.3. The Balaban J connectivity index is 1.96. The summed E-state index contributed by atoms with van der Waals surface area (Å²) in [5.74, 6) is -0.235. The Bertz CT molecular complexity index is 884. The largest absolute Gasteiger partial charge is 0.508 e. The average Bonchev–Trinajstić information content (AvgIpc) is 3.02. The molecule has 4 N–H and O–H groups in total. The van der Waals surface area contributed by atoms with Crippen molar-refractivity contribution in [2.45, 2.75) is 0 Å². The molecular weight excluding hydrogens is 282 g/mol. The number of allylic oxidation sites excluding steroid dienone is 1. The highest BCUT2D eigenvalue weighted by Crippen LogP contribution is 2.39. The van der Waals surface area contributed by atoms with Crippen molar-refractivity contribution in [3.8, 4) is 5.75 Å². The van der Waals surface area contributed by atoms with Gasteiger partial charge in [0.1, 0.15) is 11.5 Å². The molecule has 2 aliphatic rings. The minimum absolute atomic E-state index is 0.0732. The van der Waals surface area contributed by atoms with Crippen LogP contribution in [0.1, 0.15) is 11.1 Å². The minimum Gasteiger partial charge on any atom is -0.508 e. The summed E-state index contributed by atoms with van der Waals surface area (Å²) in [5.41, 5.74) is 3.85. The zero-order valence-electron chi connectivity index (χ0n) is 11.3. The van der Waals surface area contributed by atoms with Crippen molar-refractivity contribution in [3.05, 3.63) is 59.3 Å². The second-order valence-electron chi connectivity index (χ2n) is 5.05. The van der Waals surface area contributed by atoms with Crippen molar-refractivity contribution in [2.24, 2.45) is 5.16 Å². The molecule has 0 radical (unpaired) electrons. The van der Waals surface area contributed by atoms with Crippen molar-refractivity contribution >= 4 is 28.6 Å². The molecule has 0 saturated heterocycles. The summed E-state index contributed by atoms with van der Waals surface area (Å²) in [6, 6.07) is 12.0. The van der Waals surface area contributed by atoms with E-state index >= 15 is 0 Å². The van der Waals surface area contributed by atoms with Crippen molar-refractivity contribution in [1.29, 1.82) is 0 Å². The summed E-state index contributed by atoms with van der Waals surface area (Å²) < 4.78 is 0. The topological polar surface area (TPSA) is 94.0 Å². The maximum absolute atomic E-state index is 12.3. The van der Waals surface area contributed by atoms with Crippen molar-refractivity contribution in [1.82, 2.24) is 0 Å². The summed E-state index contributed by atoms with van der Waals surface area (Å²) in [7, 11) is 0. The van der Waals surface area contributed by atoms with Crippen LogP contribution in [0.25, 0.3) is 5.57 Å². The van der Waals surface area contributed by atoms with Gasteiger partial charge in [-0.25, -0.2) is 0 Å². The van der Waals surface area contributed by atoms with Crippen LogP contribution in [0.5, 0.6) is 5.75 Å². The molecule has 0 saturated carbocycles. The Morgan fingerprint density at radius 2 is 1.77 bits per heavy atom. The third-order valence-electron chi connectivity index (χ3n) is 3.78. The zero-order chi connectivity index (χ0) is 15.3. The third-order valence-corrected chi connectivity index (χ3v) is 3.78. The number of rotatable bonds is 0. The number of phenols is 1. The predicted octanol–water partition coefficient (Wildman–Crippen LogP) is 2.36. The molecule has 22 heavy (non-hydrogen) atoms. The van der Waals surface area contributed by atoms with Gasteiger partial charge in [-0.05, 0) is 18.2 Å². The van der Waals surface area contributed by atoms with Crippen molar-refractivity contribution in [2.75, 3.05) is 10.6 Å². The van der Waals surface area contributed by atoms with Crippen LogP contribution in [0.15, 0.2) is 53.3 Å². The van der Waals surface area contributed by atoms with E-state index in [9.17, 15) is 15.1 Å². The van der Waals surface area contributed by atoms with Crippen LogP contribution in [0.2, 0.25) is 0 Å². The number of nitrogens with zero attached hydrogens (tertiary/aromatic N) is 1. The van der Waals surface area contributed by atoms with Crippen LogP contribution in [0.3, 0.4) is 0 Å². The molecule has 2 aliphatic heterocycles. The lowest BCUT2D eigenvalue weighted by molar-refractivity contribution is -0.110. The molecule has 0 aliphatic carbocycles. The van der Waals surface area contributed by atoms with Gasteiger partial charge in [0.2, 0.25) is 0 Å². The minimum atomic E-state index is -0.308. The zero-order valence-corrected chi connectivity index (χ0v) is 11.3. The molecule has 0 spiro atoms. The third kappa shape index (κ3) is 1.61. The van der Waals surface area contributed by atoms with Gasteiger partial charge in [0.05, 0.1) is 17.0 Å². The number of aromatic hydroxyl groups is 1. The fraction of sp³-hybridized carbons (Fsp3) is 0. The number of amides is 1. The first kappa shape index (κ1) is 12.5. The molecule has 6 heteroatoms. The fourth-order valence-corrected chi connectivity index (χ4v) is 2.82. The number of carbonyl (C=O) groups excluding carboxylic acids is 1. The van der Waals surface area contributed by atoms with Crippen LogP contribution in [0, 0.1) is 0 Å². The van der Waals surface area contributed by atoms with Crippen LogP contribution in [0.4, 0.5) is 11.4 Å². The van der Waals surface area contributed by atoms with Gasteiger partial charge in [-0.3, -0.25) is 4.79 Å². The van der Waals surface area contributed by atoms with Crippen LogP contribution >= 0.6 is 0 Å². The van der Waals surface area contributed by atoms with Gasteiger partial charge in [0.25, 0.3) is 5.91 Å². The highest BCUT2D eigenvalue weighted by molar-refractivity contribution is 6.39. The number of hydrogen-bond acceptors (Lipinski definition) is 5. The number of phenolic OH excluding ortho intramolecular Hbond substituents is 1. The SMILES string of the molecule is O=C1Nc2cc(O)ccc2/C1=C1/Nc2ccccc2/C1=N\O. The summed E-state index contributed by atoms with van der Waals surface area (Å²) >= 11 is 0. The van der Waals surface area contributed by atoms with E-state index in [1.165, 1.54) is 12.1 Å². The molecule has 2 heterocycles. The van der Waals surface area contributed by atoms with Crippen LogP contribution in [-0.2, 0) is 4.79 Å². The molecule has 0 fully saturated rings. The Morgan fingerprint density at radius 1 is 0.955 bits per heavy atom. The fourth-order valence-electron chi connectivity index (χ4n) is 2.82. The van der Waals surface area contributed by atoms with E-state index < -0.39 is 0 Å². The Labute approximate surface area is 125 Å². The van der Waals surface area contributed by atoms with E-state index in [1.807, 2.05) is 24.3 Å². The first-order chi connectivity index (χ1) is 10.7. The lowest BCUT2D eigenvalue weighted by atomic mass is 10.0. The molecule has 2 aromatic carbocycles. The maximum Gasteiger partial charge on any atom is 0.258 e. The smallest absolute Gasteiger partial charge is 0.258 e. The van der Waals surface area contributed by atoms with Crippen LogP contribution < -0.4 is 10.6 Å². The molecule has 6 nitrogen and oxygen atoms in total. The second-order valence-corrected chi connectivity index (χ2v) is 5.05. The summed E-state index contributed by atoms with van der Waals surface area (Å²) in [4.78, 5) is 12.3. The molecule has 0 atom stereocenters. The number of hydrogen-bond donors (Lipinski definition) is 4. The van der Waals surface area contributed by atoms with Gasteiger partial charge in [-0.15, -0.1) is 0 Å². The lowest BCUT2D eigenvalue weighted by Gasteiger charge is -2.05. The van der Waals surface area contributed by atoms with Crippen LogP contribution in [-0.4, -0.2) is 21.9 Å². The molecule has 4 rings (SSSR count). The van der Waals surface area contributed by atoms with E-state index in [0.29, 0.717) is 28.2 Å². The molecule has 108 valence electrons. The first-order valence-electron chi connectivity index (χ1n) is 6.67. The molecule has 0 aromatic heterocycles. The van der Waals surface area contributed by atoms with E-state index in [-0.39, 0.29) is 11.7 Å². The van der Waals surface area contributed by atoms with E-state index in [2.05, 4.69) is 15.8 Å². The number of para-hydroxylation sites is 1. The van der Waals surface area contributed by atoms with E-state index in [0.717, 1.165) is 11.3 Å². The average molecular weight is 293 g/mol. The van der Waals surface area contributed by atoms with Gasteiger partial charge in [-0.2, -0.15) is 0 Å². The Hall–Kier alpha value is -3.28. The highest BCUT2D eigenvalue weighted by Gasteiger charge is 2.34. The first-order valence-corrected chi connectivity index (χ1v) is 6.67. The lowest BCUT2D eigenvalue weighted by Crippen LogP contribution is -2.12. The van der Waals surface area contributed by atoms with Gasteiger partial charge >= 0.3 is 0 Å². The van der Waals surface area contributed by atoms with Gasteiger partial charge in [0, 0.05) is 22.9 Å². The predicted molar refractivity (Wildman–Crippen MR) is 82.0 cm³/mol. The number of nitrogens with one attached hydrogen (secondary N) is 2. The standard InChI is InChI=1S/C16H11N3O3/c20-8-5-6-9-12(7-8)18-16(21)13(9)15-14(19-22)10-3-1-2-4-11(10)17-15/h1-7,17,20,22H,(H,18,21)/b15-13-,19-14+. The van der Waals surface area contributed by atoms with Crippen molar-refractivity contribution < 1.29 is 15.1 Å². The number of carbonyl (C=O) groups is 1. The van der Waals surface area contributed by atoms with Crippen molar-refractivity contribution in [3.63, 3.8) is 0 Å². The number of anilines is 2. The second kappa shape index (κ2) is 4.36. The summed E-state index contributed by atoms with van der Waals surface area (Å²) in [6.07, 6.45) is 0. The van der Waals surface area contributed by atoms with Gasteiger partial charge in [0.15, 0.2) is 0 Å². The number of fused-ring (bicyclic) bond motifs is 2. The van der Waals surface area contributed by atoms with Gasteiger partial charge < -0.3 is 20.9 Å². The number of oxime groups is 1. The quantitative estimate of drug-likeness (QED) is 0.341. The van der Waals surface area contributed by atoms with E-state index in [1.54, 1.807) is 6.07 Å². The Morgan fingerprint density at radius 3 is 2.59 bits per heavy atom. The monoisotopic (exact) mass is 293 g/mol.